The van der Waals surface area contributed by atoms with E-state index >= 15 is 0 Å². The minimum Gasteiger partial charge on any atom is -0.496 e. The number of nitrogens with zero attached hydrogens (tertiary/aromatic N) is 1. The molecule has 1 heterocycles. The fraction of sp³-hybridized carbons (Fsp3) is 0.360. The van der Waals surface area contributed by atoms with Crippen LogP contribution in [0.25, 0.3) is 6.08 Å². The molecule has 2 aliphatic rings. The first-order valence-corrected chi connectivity index (χ1v) is 11.3. The standard InChI is InChI=1S/C25H27ClN2O4/c1-31-21-11-4-2-8-18(21)15-27-24(29)16-28-20-10-3-5-12-22(20)32-23(25(28)30)14-17-7-6-9-19(26)13-17/h2,4,6-9,11,13-14,20,22H,3,5,10,12,15-16H2,1H3,(H,27,29)/b23-14+. The highest BCUT2D eigenvalue weighted by atomic mass is 35.5. The summed E-state index contributed by atoms with van der Waals surface area (Å²) < 4.78 is 11.4. The zero-order valence-electron chi connectivity index (χ0n) is 18.1. The Bertz CT molecular complexity index is 1020. The highest BCUT2D eigenvalue weighted by Crippen LogP contribution is 2.33. The van der Waals surface area contributed by atoms with Crippen molar-refractivity contribution in [3.8, 4) is 5.75 Å². The fourth-order valence-electron chi connectivity index (χ4n) is 4.36. The van der Waals surface area contributed by atoms with E-state index in [0.29, 0.717) is 17.3 Å². The van der Waals surface area contributed by atoms with E-state index in [2.05, 4.69) is 5.32 Å². The maximum atomic E-state index is 13.3. The van der Waals surface area contributed by atoms with Gasteiger partial charge in [0.1, 0.15) is 18.4 Å². The highest BCUT2D eigenvalue weighted by Gasteiger charge is 2.42. The molecule has 32 heavy (non-hydrogen) atoms. The zero-order valence-corrected chi connectivity index (χ0v) is 18.8. The molecule has 4 rings (SSSR count). The Morgan fingerprint density at radius 3 is 2.84 bits per heavy atom. The third-order valence-corrected chi connectivity index (χ3v) is 6.18. The van der Waals surface area contributed by atoms with Gasteiger partial charge in [-0.15, -0.1) is 0 Å². The van der Waals surface area contributed by atoms with Gasteiger partial charge in [-0.3, -0.25) is 9.59 Å². The van der Waals surface area contributed by atoms with Crippen molar-refractivity contribution in [3.05, 3.63) is 70.4 Å². The Morgan fingerprint density at radius 2 is 2.03 bits per heavy atom. The van der Waals surface area contributed by atoms with Crippen molar-refractivity contribution >= 4 is 29.5 Å². The molecule has 0 radical (unpaired) electrons. The second-order valence-corrected chi connectivity index (χ2v) is 8.53. The largest absolute Gasteiger partial charge is 0.496 e. The molecule has 1 saturated carbocycles. The number of amides is 2. The molecule has 0 spiro atoms. The first kappa shape index (κ1) is 22.2. The van der Waals surface area contributed by atoms with E-state index < -0.39 is 0 Å². The van der Waals surface area contributed by atoms with Crippen molar-refractivity contribution < 1.29 is 19.1 Å². The van der Waals surface area contributed by atoms with Crippen molar-refractivity contribution in [2.75, 3.05) is 13.7 Å². The number of carbonyl (C=O) groups is 2. The Hall–Kier alpha value is -2.99. The number of halogens is 1. The van der Waals surface area contributed by atoms with Gasteiger partial charge in [-0.1, -0.05) is 48.4 Å². The van der Waals surface area contributed by atoms with Crippen LogP contribution in [-0.4, -0.2) is 42.5 Å². The smallest absolute Gasteiger partial charge is 0.289 e. The Labute approximate surface area is 193 Å². The summed E-state index contributed by atoms with van der Waals surface area (Å²) in [6.07, 6.45) is 5.37. The maximum absolute atomic E-state index is 13.3. The summed E-state index contributed by atoms with van der Waals surface area (Å²) in [7, 11) is 1.60. The van der Waals surface area contributed by atoms with E-state index in [1.165, 1.54) is 0 Å². The zero-order chi connectivity index (χ0) is 22.5. The van der Waals surface area contributed by atoms with Gasteiger partial charge in [-0.2, -0.15) is 0 Å². The van der Waals surface area contributed by atoms with E-state index in [9.17, 15) is 9.59 Å². The minimum atomic E-state index is -0.263. The lowest BCUT2D eigenvalue weighted by atomic mass is 9.89. The van der Waals surface area contributed by atoms with Gasteiger partial charge in [0, 0.05) is 17.1 Å². The predicted molar refractivity (Wildman–Crippen MR) is 123 cm³/mol. The van der Waals surface area contributed by atoms with Crippen LogP contribution in [0.4, 0.5) is 0 Å². The summed E-state index contributed by atoms with van der Waals surface area (Å²) >= 11 is 6.09. The molecule has 1 aliphatic carbocycles. The number of methoxy groups -OCH3 is 1. The molecule has 2 aromatic carbocycles. The summed E-state index contributed by atoms with van der Waals surface area (Å²) in [6.45, 7) is 0.325. The Kier molecular flexibility index (Phi) is 7.00. The lowest BCUT2D eigenvalue weighted by Gasteiger charge is -2.44. The maximum Gasteiger partial charge on any atom is 0.289 e. The van der Waals surface area contributed by atoms with Gasteiger partial charge in [0.25, 0.3) is 5.91 Å². The monoisotopic (exact) mass is 454 g/mol. The number of nitrogens with one attached hydrogen (secondary N) is 1. The summed E-state index contributed by atoms with van der Waals surface area (Å²) in [4.78, 5) is 27.7. The van der Waals surface area contributed by atoms with Crippen LogP contribution in [0.15, 0.2) is 54.3 Å². The van der Waals surface area contributed by atoms with Gasteiger partial charge in [0.15, 0.2) is 5.76 Å². The molecule has 1 aliphatic heterocycles. The van der Waals surface area contributed by atoms with Crippen LogP contribution in [-0.2, 0) is 20.9 Å². The third kappa shape index (κ3) is 5.07. The molecule has 2 amide bonds. The lowest BCUT2D eigenvalue weighted by Crippen LogP contribution is -2.57. The van der Waals surface area contributed by atoms with Crippen LogP contribution >= 0.6 is 11.6 Å². The fourth-order valence-corrected chi connectivity index (χ4v) is 4.56. The number of fused-ring (bicyclic) bond motifs is 1. The van der Waals surface area contributed by atoms with Crippen LogP contribution in [0.2, 0.25) is 5.02 Å². The van der Waals surface area contributed by atoms with Crippen molar-refractivity contribution in [1.29, 1.82) is 0 Å². The number of rotatable bonds is 6. The number of hydrogen-bond acceptors (Lipinski definition) is 4. The minimum absolute atomic E-state index is 0.00854. The molecule has 2 fully saturated rings. The Balaban J connectivity index is 1.49. The molecule has 1 N–H and O–H groups in total. The third-order valence-electron chi connectivity index (χ3n) is 5.95. The number of carbonyl (C=O) groups excluding carboxylic acids is 2. The normalized spacial score (nSPS) is 21.6. The number of ether oxygens (including phenoxy) is 2. The van der Waals surface area contributed by atoms with Crippen LogP contribution in [0, 0.1) is 0 Å². The molecule has 0 aromatic heterocycles. The predicted octanol–water partition coefficient (Wildman–Crippen LogP) is 4.18. The van der Waals surface area contributed by atoms with Gasteiger partial charge in [-0.05, 0) is 49.1 Å². The molecule has 0 bridgehead atoms. The van der Waals surface area contributed by atoms with Crippen LogP contribution in [0.3, 0.4) is 0 Å². The number of benzene rings is 2. The van der Waals surface area contributed by atoms with Gasteiger partial charge in [0.2, 0.25) is 5.91 Å². The van der Waals surface area contributed by atoms with Crippen LogP contribution < -0.4 is 10.1 Å². The highest BCUT2D eigenvalue weighted by molar-refractivity contribution is 6.30. The van der Waals surface area contributed by atoms with E-state index in [-0.39, 0.29) is 36.3 Å². The van der Waals surface area contributed by atoms with Gasteiger partial charge >= 0.3 is 0 Å². The molecular weight excluding hydrogens is 428 g/mol. The molecule has 2 unspecified atom stereocenters. The van der Waals surface area contributed by atoms with Crippen molar-refractivity contribution in [2.24, 2.45) is 0 Å². The quantitative estimate of drug-likeness (QED) is 0.665. The number of morpholine rings is 1. The van der Waals surface area contributed by atoms with E-state index in [0.717, 1.165) is 36.8 Å². The van der Waals surface area contributed by atoms with Gasteiger partial charge < -0.3 is 19.7 Å². The topological polar surface area (TPSA) is 67.9 Å². The molecular formula is C25H27ClN2O4. The van der Waals surface area contributed by atoms with Gasteiger partial charge in [-0.25, -0.2) is 0 Å². The SMILES string of the molecule is COc1ccccc1CNC(=O)CN1C(=O)/C(=C\c2cccc(Cl)c2)OC2CCCCC21. The van der Waals surface area contributed by atoms with Crippen molar-refractivity contribution in [3.63, 3.8) is 0 Å². The number of hydrogen-bond donors (Lipinski definition) is 1. The van der Waals surface area contributed by atoms with Crippen molar-refractivity contribution in [1.82, 2.24) is 10.2 Å². The van der Waals surface area contributed by atoms with E-state index in [1.807, 2.05) is 36.4 Å². The average molecular weight is 455 g/mol. The van der Waals surface area contributed by atoms with Crippen LogP contribution in [0.1, 0.15) is 36.8 Å². The second kappa shape index (κ2) is 10.1. The molecule has 2 atom stereocenters. The molecule has 168 valence electrons. The summed E-state index contributed by atoms with van der Waals surface area (Å²) in [5, 5.41) is 3.51. The molecule has 1 saturated heterocycles. The van der Waals surface area contributed by atoms with Gasteiger partial charge in [0.05, 0.1) is 13.2 Å². The summed E-state index contributed by atoms with van der Waals surface area (Å²) in [6, 6.07) is 14.7. The second-order valence-electron chi connectivity index (χ2n) is 8.09. The molecule has 7 heteroatoms. The first-order chi connectivity index (χ1) is 15.5. The van der Waals surface area contributed by atoms with Crippen molar-refractivity contribution in [2.45, 2.75) is 44.4 Å². The summed E-state index contributed by atoms with van der Waals surface area (Å²) in [5.41, 5.74) is 1.67. The Morgan fingerprint density at radius 1 is 1.22 bits per heavy atom. The molecule has 2 aromatic rings. The van der Waals surface area contributed by atoms with E-state index in [4.69, 9.17) is 21.1 Å². The van der Waals surface area contributed by atoms with E-state index in [1.54, 1.807) is 30.2 Å². The summed E-state index contributed by atoms with van der Waals surface area (Å²) in [5.74, 6) is 0.500. The number of para-hydroxylation sites is 1. The van der Waals surface area contributed by atoms with Crippen LogP contribution in [0.5, 0.6) is 5.75 Å². The lowest BCUT2D eigenvalue weighted by molar-refractivity contribution is -0.151. The average Bonchev–Trinajstić information content (AvgIpc) is 2.80. The molecule has 6 nitrogen and oxygen atoms in total. The first-order valence-electron chi connectivity index (χ1n) is 10.9.